The SMILES string of the molecule is CCn1c(SCC(=O)NCCC2=CCCCC2)nc2ccccc2c1=O. The van der Waals surface area contributed by atoms with Gasteiger partial charge in [0.1, 0.15) is 0 Å². The highest BCUT2D eigenvalue weighted by Gasteiger charge is 2.12. The quantitative estimate of drug-likeness (QED) is 0.459. The predicted molar refractivity (Wildman–Crippen MR) is 107 cm³/mol. The largest absolute Gasteiger partial charge is 0.355 e. The maximum Gasteiger partial charge on any atom is 0.262 e. The summed E-state index contributed by atoms with van der Waals surface area (Å²) in [6.45, 7) is 3.13. The highest BCUT2D eigenvalue weighted by atomic mass is 32.2. The van der Waals surface area contributed by atoms with E-state index in [1.807, 2.05) is 25.1 Å². The van der Waals surface area contributed by atoms with Crippen molar-refractivity contribution >= 4 is 28.6 Å². The zero-order valence-electron chi connectivity index (χ0n) is 15.2. The fourth-order valence-electron chi connectivity index (χ4n) is 3.21. The lowest BCUT2D eigenvalue weighted by Crippen LogP contribution is -2.27. The van der Waals surface area contributed by atoms with E-state index in [0.717, 1.165) is 12.8 Å². The number of nitrogens with one attached hydrogen (secondary N) is 1. The normalized spacial score (nSPS) is 14.3. The summed E-state index contributed by atoms with van der Waals surface area (Å²) >= 11 is 1.32. The molecule has 0 aliphatic heterocycles. The Labute approximate surface area is 157 Å². The van der Waals surface area contributed by atoms with Crippen LogP contribution in [-0.2, 0) is 11.3 Å². The Morgan fingerprint density at radius 1 is 1.31 bits per heavy atom. The molecule has 0 atom stereocenters. The summed E-state index contributed by atoms with van der Waals surface area (Å²) in [5, 5.41) is 4.19. The Hall–Kier alpha value is -2.08. The Kier molecular flexibility index (Phi) is 6.50. The van der Waals surface area contributed by atoms with Gasteiger partial charge in [0.25, 0.3) is 5.56 Å². The molecular formula is C20H25N3O2S. The first-order valence-corrected chi connectivity index (χ1v) is 10.2. The van der Waals surface area contributed by atoms with E-state index in [2.05, 4.69) is 16.4 Å². The van der Waals surface area contributed by atoms with Crippen molar-refractivity contribution in [3.63, 3.8) is 0 Å². The number of rotatable bonds is 7. The first kappa shape index (κ1) is 18.7. The molecule has 1 N–H and O–H groups in total. The Morgan fingerprint density at radius 2 is 2.15 bits per heavy atom. The van der Waals surface area contributed by atoms with E-state index in [1.54, 1.807) is 10.6 Å². The number of carbonyl (C=O) groups is 1. The molecule has 0 spiro atoms. The van der Waals surface area contributed by atoms with Crippen LogP contribution in [0, 0.1) is 0 Å². The average molecular weight is 372 g/mol. The van der Waals surface area contributed by atoms with Crippen molar-refractivity contribution in [1.82, 2.24) is 14.9 Å². The maximum atomic E-state index is 12.6. The van der Waals surface area contributed by atoms with Gasteiger partial charge in [-0.3, -0.25) is 14.2 Å². The molecule has 2 aromatic rings. The van der Waals surface area contributed by atoms with Crippen molar-refractivity contribution in [2.24, 2.45) is 0 Å². The molecule has 0 saturated heterocycles. The Bertz CT molecular complexity index is 873. The monoisotopic (exact) mass is 371 g/mol. The van der Waals surface area contributed by atoms with Crippen LogP contribution in [0.5, 0.6) is 0 Å². The van der Waals surface area contributed by atoms with Gasteiger partial charge >= 0.3 is 0 Å². The van der Waals surface area contributed by atoms with Crippen LogP contribution in [-0.4, -0.2) is 27.8 Å². The van der Waals surface area contributed by atoms with E-state index in [9.17, 15) is 9.59 Å². The van der Waals surface area contributed by atoms with Gasteiger partial charge in [0, 0.05) is 13.1 Å². The summed E-state index contributed by atoms with van der Waals surface area (Å²) in [7, 11) is 0. The third-order valence-electron chi connectivity index (χ3n) is 4.63. The van der Waals surface area contributed by atoms with Crippen LogP contribution in [0.3, 0.4) is 0 Å². The molecule has 0 fully saturated rings. The van der Waals surface area contributed by atoms with E-state index in [0.29, 0.717) is 29.1 Å². The fourth-order valence-corrected chi connectivity index (χ4v) is 4.11. The van der Waals surface area contributed by atoms with Crippen LogP contribution in [0.15, 0.2) is 45.9 Å². The zero-order chi connectivity index (χ0) is 18.4. The second-order valence-corrected chi connectivity index (χ2v) is 7.40. The minimum absolute atomic E-state index is 0.0172. The van der Waals surface area contributed by atoms with Crippen molar-refractivity contribution in [1.29, 1.82) is 0 Å². The average Bonchev–Trinajstić information content (AvgIpc) is 2.67. The fraction of sp³-hybridized carbons (Fsp3) is 0.450. The van der Waals surface area contributed by atoms with Crippen molar-refractivity contribution in [3.05, 3.63) is 46.3 Å². The number of benzene rings is 1. The van der Waals surface area contributed by atoms with Gasteiger partial charge in [-0.05, 0) is 51.2 Å². The van der Waals surface area contributed by atoms with Crippen LogP contribution in [0.25, 0.3) is 10.9 Å². The van der Waals surface area contributed by atoms with Gasteiger partial charge in [-0.15, -0.1) is 0 Å². The van der Waals surface area contributed by atoms with Gasteiger partial charge in [-0.1, -0.05) is 35.5 Å². The van der Waals surface area contributed by atoms with E-state index in [4.69, 9.17) is 0 Å². The standard InChI is InChI=1S/C20H25N3O2S/c1-2-23-19(25)16-10-6-7-11-17(16)22-20(23)26-14-18(24)21-13-12-15-8-4-3-5-9-15/h6-8,10-11H,2-5,9,12-14H2,1H3,(H,21,24). The lowest BCUT2D eigenvalue weighted by molar-refractivity contribution is -0.118. The number of aromatic nitrogens is 2. The van der Waals surface area contributed by atoms with Gasteiger partial charge in [0.15, 0.2) is 5.16 Å². The van der Waals surface area contributed by atoms with E-state index in [-0.39, 0.29) is 17.2 Å². The third kappa shape index (κ3) is 4.55. The predicted octanol–water partition coefficient (Wildman–Crippen LogP) is 3.52. The van der Waals surface area contributed by atoms with Crippen LogP contribution in [0.4, 0.5) is 0 Å². The summed E-state index contributed by atoms with van der Waals surface area (Å²) in [6.07, 6.45) is 8.12. The number of amides is 1. The summed E-state index contributed by atoms with van der Waals surface area (Å²) < 4.78 is 1.63. The Morgan fingerprint density at radius 3 is 2.92 bits per heavy atom. The van der Waals surface area contributed by atoms with Crippen LogP contribution < -0.4 is 10.9 Å². The number of thioether (sulfide) groups is 1. The maximum absolute atomic E-state index is 12.6. The summed E-state index contributed by atoms with van der Waals surface area (Å²) in [4.78, 5) is 29.3. The molecule has 0 unspecified atom stereocenters. The Balaban J connectivity index is 1.59. The third-order valence-corrected chi connectivity index (χ3v) is 5.60. The van der Waals surface area contributed by atoms with Crippen molar-refractivity contribution < 1.29 is 4.79 Å². The topological polar surface area (TPSA) is 64.0 Å². The van der Waals surface area contributed by atoms with Crippen LogP contribution in [0.1, 0.15) is 39.0 Å². The summed E-state index contributed by atoms with van der Waals surface area (Å²) in [5.41, 5.74) is 2.08. The van der Waals surface area contributed by atoms with Gasteiger partial charge < -0.3 is 5.32 Å². The molecule has 0 radical (unpaired) electrons. The number of fused-ring (bicyclic) bond motifs is 1. The lowest BCUT2D eigenvalue weighted by Gasteiger charge is -2.13. The molecule has 1 aliphatic rings. The second-order valence-electron chi connectivity index (χ2n) is 6.46. The molecule has 1 aliphatic carbocycles. The number of hydrogen-bond donors (Lipinski definition) is 1. The molecule has 0 saturated carbocycles. The van der Waals surface area contributed by atoms with Crippen molar-refractivity contribution in [2.45, 2.75) is 50.7 Å². The highest BCUT2D eigenvalue weighted by molar-refractivity contribution is 7.99. The molecule has 5 nitrogen and oxygen atoms in total. The van der Waals surface area contributed by atoms with Crippen LogP contribution >= 0.6 is 11.8 Å². The first-order valence-electron chi connectivity index (χ1n) is 9.26. The lowest BCUT2D eigenvalue weighted by atomic mass is 9.97. The van der Waals surface area contributed by atoms with Crippen molar-refractivity contribution in [3.8, 4) is 0 Å². The number of allylic oxidation sites excluding steroid dienone is 1. The minimum atomic E-state index is -0.0507. The number of hydrogen-bond acceptors (Lipinski definition) is 4. The molecule has 6 heteroatoms. The minimum Gasteiger partial charge on any atom is -0.355 e. The first-order chi connectivity index (χ1) is 12.7. The molecule has 26 heavy (non-hydrogen) atoms. The molecule has 1 amide bonds. The van der Waals surface area contributed by atoms with E-state index in [1.165, 1.54) is 36.6 Å². The molecular weight excluding hydrogens is 346 g/mol. The van der Waals surface area contributed by atoms with Gasteiger partial charge in [-0.2, -0.15) is 0 Å². The number of carbonyl (C=O) groups excluding carboxylic acids is 1. The molecule has 0 bridgehead atoms. The zero-order valence-corrected chi connectivity index (χ0v) is 16.0. The molecule has 1 heterocycles. The second kappa shape index (κ2) is 9.03. The summed E-state index contributed by atoms with van der Waals surface area (Å²) in [5.74, 6) is 0.251. The van der Waals surface area contributed by atoms with E-state index < -0.39 is 0 Å². The number of nitrogens with zero attached hydrogens (tertiary/aromatic N) is 2. The smallest absolute Gasteiger partial charge is 0.262 e. The number of para-hydroxylation sites is 1. The molecule has 1 aromatic heterocycles. The summed E-state index contributed by atoms with van der Waals surface area (Å²) in [6, 6.07) is 7.33. The van der Waals surface area contributed by atoms with Gasteiger partial charge in [0.05, 0.1) is 16.7 Å². The van der Waals surface area contributed by atoms with Gasteiger partial charge in [0.2, 0.25) is 5.91 Å². The molecule has 1 aromatic carbocycles. The van der Waals surface area contributed by atoms with Crippen molar-refractivity contribution in [2.75, 3.05) is 12.3 Å². The molecule has 3 rings (SSSR count). The van der Waals surface area contributed by atoms with Crippen LogP contribution in [0.2, 0.25) is 0 Å². The van der Waals surface area contributed by atoms with Gasteiger partial charge in [-0.25, -0.2) is 4.98 Å². The molecule has 138 valence electrons. The highest BCUT2D eigenvalue weighted by Crippen LogP contribution is 2.20. The van der Waals surface area contributed by atoms with E-state index >= 15 is 0 Å².